The number of anilines is 2. The zero-order chi connectivity index (χ0) is 11.4. The highest BCUT2D eigenvalue weighted by molar-refractivity contribution is 5.51. The van der Waals surface area contributed by atoms with Gasteiger partial charge in [-0.3, -0.25) is 0 Å². The van der Waals surface area contributed by atoms with Gasteiger partial charge in [-0.25, -0.2) is 10.8 Å². The first-order chi connectivity index (χ1) is 7.72. The van der Waals surface area contributed by atoms with Gasteiger partial charge in [-0.1, -0.05) is 12.8 Å². The fourth-order valence-corrected chi connectivity index (χ4v) is 2.10. The number of nitrogen functional groups attached to an aromatic ring is 1. The minimum atomic E-state index is -0.542. The van der Waals surface area contributed by atoms with Gasteiger partial charge in [-0.2, -0.15) is 0 Å². The van der Waals surface area contributed by atoms with E-state index in [4.69, 9.17) is 5.84 Å². The van der Waals surface area contributed by atoms with Crippen molar-refractivity contribution in [3.05, 3.63) is 18.3 Å². The van der Waals surface area contributed by atoms with Crippen LogP contribution in [0.1, 0.15) is 25.7 Å². The molecule has 1 fully saturated rings. The number of nitrogens with zero attached hydrogens (tertiary/aromatic N) is 1. The summed E-state index contributed by atoms with van der Waals surface area (Å²) in [5.41, 5.74) is 2.87. The van der Waals surface area contributed by atoms with Crippen molar-refractivity contribution in [2.75, 3.05) is 17.3 Å². The molecule has 1 aliphatic carbocycles. The summed E-state index contributed by atoms with van der Waals surface area (Å²) in [4.78, 5) is 4.02. The first-order valence-corrected chi connectivity index (χ1v) is 5.61. The Balaban J connectivity index is 1.93. The average molecular weight is 222 g/mol. The van der Waals surface area contributed by atoms with Gasteiger partial charge in [0.2, 0.25) is 0 Å². The Morgan fingerprint density at radius 1 is 1.44 bits per heavy atom. The Kier molecular flexibility index (Phi) is 3.26. The van der Waals surface area contributed by atoms with Crippen LogP contribution in [0.15, 0.2) is 18.3 Å². The van der Waals surface area contributed by atoms with Crippen LogP contribution < -0.4 is 16.6 Å². The first kappa shape index (κ1) is 11.2. The van der Waals surface area contributed by atoms with E-state index in [-0.39, 0.29) is 0 Å². The van der Waals surface area contributed by atoms with E-state index in [0.29, 0.717) is 12.4 Å². The summed E-state index contributed by atoms with van der Waals surface area (Å²) in [5.74, 6) is 5.89. The molecule has 0 unspecified atom stereocenters. The van der Waals surface area contributed by atoms with Crippen LogP contribution in [0, 0.1) is 0 Å². The maximum Gasteiger partial charge on any atom is 0.141 e. The van der Waals surface area contributed by atoms with E-state index in [1.807, 2.05) is 12.1 Å². The third kappa shape index (κ3) is 2.62. The second kappa shape index (κ2) is 4.67. The predicted molar refractivity (Wildman–Crippen MR) is 64.0 cm³/mol. The summed E-state index contributed by atoms with van der Waals surface area (Å²) in [6, 6.07) is 3.68. The normalized spacial score (nSPS) is 18.4. The third-order valence-corrected chi connectivity index (χ3v) is 3.06. The monoisotopic (exact) mass is 222 g/mol. The number of hydrogen-bond acceptors (Lipinski definition) is 5. The zero-order valence-corrected chi connectivity index (χ0v) is 9.24. The molecule has 0 amide bonds. The zero-order valence-electron chi connectivity index (χ0n) is 9.24. The van der Waals surface area contributed by atoms with E-state index in [2.05, 4.69) is 15.7 Å². The van der Waals surface area contributed by atoms with Crippen molar-refractivity contribution < 1.29 is 5.11 Å². The fourth-order valence-electron chi connectivity index (χ4n) is 2.10. The van der Waals surface area contributed by atoms with Crippen molar-refractivity contribution in [2.24, 2.45) is 5.84 Å². The Morgan fingerprint density at radius 3 is 2.88 bits per heavy atom. The smallest absolute Gasteiger partial charge is 0.141 e. The summed E-state index contributed by atoms with van der Waals surface area (Å²) in [5, 5.41) is 13.4. The van der Waals surface area contributed by atoms with Crippen LogP contribution in [-0.4, -0.2) is 22.2 Å². The van der Waals surface area contributed by atoms with Gasteiger partial charge in [-0.05, 0) is 18.9 Å². The maximum atomic E-state index is 10.2. The molecular formula is C11H18N4O. The second-order valence-corrected chi connectivity index (χ2v) is 4.36. The fraction of sp³-hybridized carbons (Fsp3) is 0.545. The van der Waals surface area contributed by atoms with Crippen LogP contribution in [0.2, 0.25) is 0 Å². The molecule has 0 bridgehead atoms. The van der Waals surface area contributed by atoms with Crippen molar-refractivity contribution in [1.29, 1.82) is 0 Å². The van der Waals surface area contributed by atoms with Crippen LogP contribution in [0.3, 0.4) is 0 Å². The molecule has 0 atom stereocenters. The predicted octanol–water partition coefficient (Wildman–Crippen LogP) is 1.08. The Labute approximate surface area is 95.0 Å². The maximum absolute atomic E-state index is 10.2. The van der Waals surface area contributed by atoms with Crippen molar-refractivity contribution in [3.63, 3.8) is 0 Å². The number of aliphatic hydroxyl groups is 1. The molecule has 1 aromatic rings. The Bertz CT molecular complexity index is 350. The van der Waals surface area contributed by atoms with Gasteiger partial charge in [0.05, 0.1) is 5.60 Å². The number of nitrogens with two attached hydrogens (primary N) is 1. The molecule has 0 aromatic carbocycles. The number of hydrogen-bond donors (Lipinski definition) is 4. The molecule has 2 rings (SSSR count). The molecule has 5 N–H and O–H groups in total. The molecule has 1 aliphatic rings. The summed E-state index contributed by atoms with van der Waals surface area (Å²) >= 11 is 0. The highest BCUT2D eigenvalue weighted by Crippen LogP contribution is 2.29. The van der Waals surface area contributed by atoms with Crippen LogP contribution in [-0.2, 0) is 0 Å². The highest BCUT2D eigenvalue weighted by atomic mass is 16.3. The molecule has 0 spiro atoms. The molecule has 1 saturated carbocycles. The molecule has 1 aromatic heterocycles. The molecule has 0 radical (unpaired) electrons. The molecule has 5 heteroatoms. The van der Waals surface area contributed by atoms with Crippen LogP contribution in [0.25, 0.3) is 0 Å². The molecule has 16 heavy (non-hydrogen) atoms. The highest BCUT2D eigenvalue weighted by Gasteiger charge is 2.30. The average Bonchev–Trinajstić information content (AvgIpc) is 2.75. The summed E-state index contributed by atoms with van der Waals surface area (Å²) in [7, 11) is 0. The number of aromatic nitrogens is 1. The first-order valence-electron chi connectivity index (χ1n) is 5.61. The Morgan fingerprint density at radius 2 is 2.19 bits per heavy atom. The minimum Gasteiger partial charge on any atom is -0.388 e. The minimum absolute atomic E-state index is 0.542. The molecule has 1 heterocycles. The van der Waals surface area contributed by atoms with Crippen molar-refractivity contribution in [3.8, 4) is 0 Å². The molecule has 88 valence electrons. The lowest BCUT2D eigenvalue weighted by molar-refractivity contribution is 0.0615. The molecule has 0 saturated heterocycles. The quantitative estimate of drug-likeness (QED) is 0.452. The standard InChI is InChI=1S/C11H18N4O/c12-15-10-7-9(3-6-13-10)14-8-11(16)4-1-2-5-11/h3,6-7,16H,1-2,4-5,8,12H2,(H2,13,14,15). The molecule has 5 nitrogen and oxygen atoms in total. The van der Waals surface area contributed by atoms with Crippen LogP contribution in [0.5, 0.6) is 0 Å². The number of pyridine rings is 1. The van der Waals surface area contributed by atoms with Crippen molar-refractivity contribution in [2.45, 2.75) is 31.3 Å². The van der Waals surface area contributed by atoms with E-state index in [1.165, 1.54) is 0 Å². The topological polar surface area (TPSA) is 83.2 Å². The lowest BCUT2D eigenvalue weighted by Gasteiger charge is -2.23. The van der Waals surface area contributed by atoms with Gasteiger partial charge in [0.15, 0.2) is 0 Å². The van der Waals surface area contributed by atoms with Crippen LogP contribution in [0.4, 0.5) is 11.5 Å². The van der Waals surface area contributed by atoms with Gasteiger partial charge < -0.3 is 15.8 Å². The van der Waals surface area contributed by atoms with Gasteiger partial charge in [0.1, 0.15) is 5.82 Å². The molecular weight excluding hydrogens is 204 g/mol. The number of hydrazine groups is 1. The van der Waals surface area contributed by atoms with E-state index >= 15 is 0 Å². The van der Waals surface area contributed by atoms with Crippen molar-refractivity contribution >= 4 is 11.5 Å². The summed E-state index contributed by atoms with van der Waals surface area (Å²) < 4.78 is 0. The molecule has 0 aliphatic heterocycles. The van der Waals surface area contributed by atoms with E-state index in [1.54, 1.807) is 6.20 Å². The number of nitrogens with one attached hydrogen (secondary N) is 2. The van der Waals surface area contributed by atoms with Crippen molar-refractivity contribution in [1.82, 2.24) is 4.98 Å². The number of rotatable bonds is 4. The van der Waals surface area contributed by atoms with Gasteiger partial charge in [0, 0.05) is 24.5 Å². The lowest BCUT2D eigenvalue weighted by atomic mass is 10.0. The van der Waals surface area contributed by atoms with Gasteiger partial charge >= 0.3 is 0 Å². The SMILES string of the molecule is NNc1cc(NCC2(O)CCCC2)ccn1. The van der Waals surface area contributed by atoms with E-state index < -0.39 is 5.60 Å². The van der Waals surface area contributed by atoms with Crippen LogP contribution >= 0.6 is 0 Å². The van der Waals surface area contributed by atoms with E-state index in [9.17, 15) is 5.11 Å². The van der Waals surface area contributed by atoms with Gasteiger partial charge in [-0.15, -0.1) is 0 Å². The Hall–Kier alpha value is -1.33. The third-order valence-electron chi connectivity index (χ3n) is 3.06. The summed E-state index contributed by atoms with van der Waals surface area (Å²) in [6.07, 6.45) is 5.67. The van der Waals surface area contributed by atoms with E-state index in [0.717, 1.165) is 31.4 Å². The summed E-state index contributed by atoms with van der Waals surface area (Å²) in [6.45, 7) is 0.584. The second-order valence-electron chi connectivity index (χ2n) is 4.36. The lowest BCUT2D eigenvalue weighted by Crippen LogP contribution is -2.33. The largest absolute Gasteiger partial charge is 0.388 e. The van der Waals surface area contributed by atoms with Gasteiger partial charge in [0.25, 0.3) is 0 Å².